The van der Waals surface area contributed by atoms with Gasteiger partial charge in [-0.15, -0.1) is 0 Å². The van der Waals surface area contributed by atoms with Crippen LogP contribution < -0.4 is 4.72 Å². The number of hydrogen-bond donors (Lipinski definition) is 1. The number of ketones is 1. The summed E-state index contributed by atoms with van der Waals surface area (Å²) in [5.41, 5.74) is 0.816. The maximum atomic E-state index is 12.9. The number of likely N-dealkylation sites (tertiary alicyclic amines) is 1. The number of benzene rings is 2. The van der Waals surface area contributed by atoms with E-state index in [0.717, 1.165) is 19.3 Å². The number of carbonyl (C=O) groups excluding carboxylic acids is 2. The van der Waals surface area contributed by atoms with Crippen molar-refractivity contribution < 1.29 is 18.0 Å². The van der Waals surface area contributed by atoms with Crippen LogP contribution in [0.25, 0.3) is 0 Å². The summed E-state index contributed by atoms with van der Waals surface area (Å²) in [7, 11) is -3.95. The number of Topliss-reactive ketones (excluding diaryl/α,β-unsaturated/α-hetero) is 1. The third-order valence-electron chi connectivity index (χ3n) is 4.67. The Hall–Kier alpha value is -2.38. The molecule has 28 heavy (non-hydrogen) atoms. The Morgan fingerprint density at radius 2 is 1.64 bits per heavy atom. The zero-order valence-corrected chi connectivity index (χ0v) is 17.0. The maximum absolute atomic E-state index is 12.9. The van der Waals surface area contributed by atoms with Crippen molar-refractivity contribution in [1.29, 1.82) is 0 Å². The number of nitrogens with zero attached hydrogens (tertiary/aromatic N) is 1. The molecule has 2 aromatic rings. The van der Waals surface area contributed by atoms with Gasteiger partial charge in [0.25, 0.3) is 15.9 Å². The summed E-state index contributed by atoms with van der Waals surface area (Å²) in [6, 6.07) is 10.2. The van der Waals surface area contributed by atoms with Gasteiger partial charge in [0, 0.05) is 23.7 Å². The molecule has 0 aliphatic carbocycles. The van der Waals surface area contributed by atoms with E-state index >= 15 is 0 Å². The molecule has 0 bridgehead atoms. The molecule has 0 aromatic heterocycles. The summed E-state index contributed by atoms with van der Waals surface area (Å²) in [6.45, 7) is 2.71. The summed E-state index contributed by atoms with van der Waals surface area (Å²) in [5.74, 6) is -0.373. The highest BCUT2D eigenvalue weighted by molar-refractivity contribution is 7.92. The minimum absolute atomic E-state index is 0.00570. The van der Waals surface area contributed by atoms with E-state index in [0.29, 0.717) is 23.7 Å². The number of piperidine rings is 1. The van der Waals surface area contributed by atoms with Crippen molar-refractivity contribution in [2.24, 2.45) is 0 Å². The van der Waals surface area contributed by atoms with Gasteiger partial charge in [-0.25, -0.2) is 8.42 Å². The first-order chi connectivity index (χ1) is 13.3. The van der Waals surface area contributed by atoms with Crippen molar-refractivity contribution in [3.63, 3.8) is 0 Å². The van der Waals surface area contributed by atoms with Crippen LogP contribution in [0.5, 0.6) is 0 Å². The lowest BCUT2D eigenvalue weighted by atomic mass is 10.1. The van der Waals surface area contributed by atoms with Crippen molar-refractivity contribution in [1.82, 2.24) is 4.90 Å². The molecule has 1 N–H and O–H groups in total. The number of hydrogen-bond acceptors (Lipinski definition) is 4. The van der Waals surface area contributed by atoms with Gasteiger partial charge in [0.05, 0.1) is 16.1 Å². The molecule has 0 unspecified atom stereocenters. The van der Waals surface area contributed by atoms with E-state index < -0.39 is 10.0 Å². The van der Waals surface area contributed by atoms with E-state index in [1.54, 1.807) is 11.0 Å². The number of nitrogens with one attached hydrogen (secondary N) is 1. The van der Waals surface area contributed by atoms with Gasteiger partial charge in [-0.3, -0.25) is 14.3 Å². The minimum Gasteiger partial charge on any atom is -0.339 e. The molecule has 148 valence electrons. The van der Waals surface area contributed by atoms with Crippen LogP contribution in [0.15, 0.2) is 47.4 Å². The lowest BCUT2D eigenvalue weighted by molar-refractivity contribution is 0.0725. The van der Waals surface area contributed by atoms with Crippen molar-refractivity contribution in [2.75, 3.05) is 17.8 Å². The molecule has 3 rings (SSSR count). The van der Waals surface area contributed by atoms with Gasteiger partial charge in [0.15, 0.2) is 5.78 Å². The van der Waals surface area contributed by atoms with E-state index in [4.69, 9.17) is 11.6 Å². The monoisotopic (exact) mass is 420 g/mol. The fraction of sp³-hybridized carbons (Fsp3) is 0.300. The zero-order valence-electron chi connectivity index (χ0n) is 15.4. The molecule has 0 atom stereocenters. The second-order valence-electron chi connectivity index (χ2n) is 6.73. The second kappa shape index (κ2) is 8.32. The van der Waals surface area contributed by atoms with Crippen LogP contribution in [0.2, 0.25) is 5.02 Å². The number of rotatable bonds is 5. The van der Waals surface area contributed by atoms with Gasteiger partial charge >= 0.3 is 0 Å². The van der Waals surface area contributed by atoms with Gasteiger partial charge in [-0.2, -0.15) is 0 Å². The normalized spacial score (nSPS) is 14.6. The fourth-order valence-electron chi connectivity index (χ4n) is 3.13. The van der Waals surface area contributed by atoms with Crippen LogP contribution in [0.1, 0.15) is 46.9 Å². The number of anilines is 1. The Kier molecular flexibility index (Phi) is 6.05. The highest BCUT2D eigenvalue weighted by Gasteiger charge is 2.24. The molecule has 1 fully saturated rings. The first-order valence-corrected chi connectivity index (χ1v) is 10.9. The van der Waals surface area contributed by atoms with Crippen molar-refractivity contribution in [2.45, 2.75) is 31.1 Å². The number of halogens is 1. The molecule has 2 aromatic carbocycles. The van der Waals surface area contributed by atoms with Gasteiger partial charge in [-0.1, -0.05) is 23.7 Å². The Labute approximate surface area is 169 Å². The minimum atomic E-state index is -3.95. The summed E-state index contributed by atoms with van der Waals surface area (Å²) in [5, 5.41) is 0.319. The Morgan fingerprint density at radius 1 is 1.00 bits per heavy atom. The van der Waals surface area contributed by atoms with Gasteiger partial charge in [-0.05, 0) is 56.5 Å². The van der Waals surface area contributed by atoms with E-state index in [1.807, 2.05) is 0 Å². The first kappa shape index (κ1) is 20.4. The average molecular weight is 421 g/mol. The largest absolute Gasteiger partial charge is 0.339 e. The highest BCUT2D eigenvalue weighted by Crippen LogP contribution is 2.26. The molecule has 0 spiro atoms. The van der Waals surface area contributed by atoms with Crippen LogP contribution in [0, 0.1) is 0 Å². The van der Waals surface area contributed by atoms with Crippen LogP contribution in [0.3, 0.4) is 0 Å². The molecular formula is C20H21ClN2O4S. The topological polar surface area (TPSA) is 83.5 Å². The summed E-state index contributed by atoms with van der Waals surface area (Å²) < 4.78 is 28.0. The summed E-state index contributed by atoms with van der Waals surface area (Å²) in [4.78, 5) is 26.0. The molecule has 6 nitrogen and oxygen atoms in total. The maximum Gasteiger partial charge on any atom is 0.261 e. The molecule has 8 heteroatoms. The van der Waals surface area contributed by atoms with Gasteiger partial charge in [0.2, 0.25) is 0 Å². The Morgan fingerprint density at radius 3 is 2.25 bits per heavy atom. The average Bonchev–Trinajstić information content (AvgIpc) is 2.68. The Bertz CT molecular complexity index is 997. The highest BCUT2D eigenvalue weighted by atomic mass is 35.5. The lowest BCUT2D eigenvalue weighted by Gasteiger charge is -2.27. The first-order valence-electron chi connectivity index (χ1n) is 9.00. The van der Waals surface area contributed by atoms with E-state index in [2.05, 4.69) is 4.72 Å². The van der Waals surface area contributed by atoms with E-state index in [9.17, 15) is 18.0 Å². The second-order valence-corrected chi connectivity index (χ2v) is 8.85. The quantitative estimate of drug-likeness (QED) is 0.742. The van der Waals surface area contributed by atoms with Gasteiger partial charge in [0.1, 0.15) is 0 Å². The fourth-order valence-corrected chi connectivity index (χ4v) is 4.37. The predicted octanol–water partition coefficient (Wildman–Crippen LogP) is 3.97. The molecule has 0 radical (unpaired) electrons. The number of carbonyl (C=O) groups is 2. The molecule has 0 saturated carbocycles. The van der Waals surface area contributed by atoms with E-state index in [1.165, 1.54) is 43.3 Å². The smallest absolute Gasteiger partial charge is 0.261 e. The number of sulfonamides is 1. The summed E-state index contributed by atoms with van der Waals surface area (Å²) >= 11 is 6.04. The third kappa shape index (κ3) is 4.54. The third-order valence-corrected chi connectivity index (χ3v) is 6.29. The SMILES string of the molecule is CC(=O)c1ccc(S(=O)(=O)Nc2cc(Cl)ccc2C(=O)N2CCCCC2)cc1. The molecule has 1 heterocycles. The van der Waals surface area contributed by atoms with Crippen LogP contribution in [-0.4, -0.2) is 38.1 Å². The zero-order chi connectivity index (χ0) is 20.3. The van der Waals surface area contributed by atoms with Crippen molar-refractivity contribution >= 4 is 39.0 Å². The van der Waals surface area contributed by atoms with E-state index in [-0.39, 0.29) is 27.8 Å². The predicted molar refractivity (Wildman–Crippen MR) is 108 cm³/mol. The molecule has 1 saturated heterocycles. The van der Waals surface area contributed by atoms with Crippen molar-refractivity contribution in [3.05, 3.63) is 58.6 Å². The van der Waals surface area contributed by atoms with Gasteiger partial charge < -0.3 is 4.90 Å². The lowest BCUT2D eigenvalue weighted by Crippen LogP contribution is -2.36. The van der Waals surface area contributed by atoms with Crippen molar-refractivity contribution in [3.8, 4) is 0 Å². The standard InChI is InChI=1S/C20H21ClN2O4S/c1-14(24)15-5-8-17(9-6-15)28(26,27)22-19-13-16(21)7-10-18(19)20(25)23-11-3-2-4-12-23/h5-10,13,22H,2-4,11-12H2,1H3. The van der Waals surface area contributed by atoms with Crippen LogP contribution in [-0.2, 0) is 10.0 Å². The molecule has 1 aliphatic rings. The Balaban J connectivity index is 1.91. The molecular weight excluding hydrogens is 400 g/mol. The van der Waals surface area contributed by atoms with Crippen LogP contribution in [0.4, 0.5) is 5.69 Å². The molecule has 1 aliphatic heterocycles. The number of amides is 1. The van der Waals surface area contributed by atoms with Crippen LogP contribution >= 0.6 is 11.6 Å². The molecule has 1 amide bonds. The summed E-state index contributed by atoms with van der Waals surface area (Å²) in [6.07, 6.45) is 2.95.